The van der Waals surface area contributed by atoms with E-state index in [1.54, 1.807) is 12.7 Å². The molecule has 0 amide bonds. The van der Waals surface area contributed by atoms with Gasteiger partial charge in [0.15, 0.2) is 11.5 Å². The molecule has 0 radical (unpaired) electrons. The van der Waals surface area contributed by atoms with E-state index in [1.165, 1.54) is 19.3 Å². The van der Waals surface area contributed by atoms with Crippen LogP contribution in [0.5, 0.6) is 0 Å². The molecule has 6 nitrogen and oxygen atoms in total. The summed E-state index contributed by atoms with van der Waals surface area (Å²) in [6.45, 7) is 5.21. The summed E-state index contributed by atoms with van der Waals surface area (Å²) in [5.41, 5.74) is 1.67. The zero-order valence-electron chi connectivity index (χ0n) is 11.3. The summed E-state index contributed by atoms with van der Waals surface area (Å²) in [4.78, 5) is 18.2. The molecule has 1 saturated heterocycles. The molecule has 102 valence electrons. The Balaban J connectivity index is 1.82. The zero-order valence-corrected chi connectivity index (χ0v) is 11.3. The van der Waals surface area contributed by atoms with E-state index in [-0.39, 0.29) is 0 Å². The largest absolute Gasteiger partial charge is 0.353 e. The molecule has 1 aliphatic rings. The van der Waals surface area contributed by atoms with Crippen LogP contribution in [0.2, 0.25) is 0 Å². The Morgan fingerprint density at radius 3 is 3.05 bits per heavy atom. The quantitative estimate of drug-likeness (QED) is 0.867. The molecule has 1 aliphatic heterocycles. The van der Waals surface area contributed by atoms with Crippen molar-refractivity contribution in [1.82, 2.24) is 25.3 Å². The first-order valence-corrected chi connectivity index (χ1v) is 7.01. The van der Waals surface area contributed by atoms with Gasteiger partial charge in [0.25, 0.3) is 0 Å². The smallest absolute Gasteiger partial charge is 0.182 e. The van der Waals surface area contributed by atoms with Crippen molar-refractivity contribution in [2.45, 2.75) is 32.2 Å². The number of rotatable bonds is 4. The molecule has 1 fully saturated rings. The molecule has 1 atom stereocenters. The number of aromatic nitrogens is 4. The van der Waals surface area contributed by atoms with Gasteiger partial charge in [-0.05, 0) is 26.3 Å². The van der Waals surface area contributed by atoms with Crippen LogP contribution in [0.4, 0.5) is 5.82 Å². The maximum atomic E-state index is 4.43. The molecule has 0 spiro atoms. The summed E-state index contributed by atoms with van der Waals surface area (Å²) in [6, 6.07) is 0.557. The third kappa shape index (κ3) is 2.53. The lowest BCUT2D eigenvalue weighted by molar-refractivity contribution is 0.400. The van der Waals surface area contributed by atoms with Crippen LogP contribution in [0.3, 0.4) is 0 Å². The van der Waals surface area contributed by atoms with Crippen LogP contribution in [0.25, 0.3) is 11.2 Å². The van der Waals surface area contributed by atoms with Gasteiger partial charge in [0.2, 0.25) is 0 Å². The number of anilines is 1. The highest BCUT2D eigenvalue weighted by Crippen LogP contribution is 2.20. The van der Waals surface area contributed by atoms with Gasteiger partial charge in [-0.25, -0.2) is 15.0 Å². The first-order chi connectivity index (χ1) is 9.38. The number of hydrogen-bond acceptors (Lipinski definition) is 5. The molecule has 0 aliphatic carbocycles. The van der Waals surface area contributed by atoms with E-state index < -0.39 is 0 Å². The van der Waals surface area contributed by atoms with Crippen molar-refractivity contribution in [3.8, 4) is 0 Å². The summed E-state index contributed by atoms with van der Waals surface area (Å²) < 4.78 is 0. The second-order valence-corrected chi connectivity index (χ2v) is 4.98. The normalized spacial score (nSPS) is 19.7. The Morgan fingerprint density at radius 2 is 2.26 bits per heavy atom. The second kappa shape index (κ2) is 5.52. The van der Waals surface area contributed by atoms with Gasteiger partial charge in [-0.1, -0.05) is 6.42 Å². The lowest BCUT2D eigenvalue weighted by atomic mass is 10.0. The van der Waals surface area contributed by atoms with Crippen molar-refractivity contribution < 1.29 is 0 Å². The molecule has 0 aromatic carbocycles. The van der Waals surface area contributed by atoms with Gasteiger partial charge in [0.05, 0.1) is 6.33 Å². The van der Waals surface area contributed by atoms with Gasteiger partial charge in [-0.15, -0.1) is 0 Å². The van der Waals surface area contributed by atoms with E-state index in [4.69, 9.17) is 0 Å². The minimum atomic E-state index is 0.557. The maximum Gasteiger partial charge on any atom is 0.182 e. The summed E-state index contributed by atoms with van der Waals surface area (Å²) in [5.74, 6) is 0.956. The summed E-state index contributed by atoms with van der Waals surface area (Å²) >= 11 is 0. The van der Waals surface area contributed by atoms with Crippen LogP contribution in [0, 0.1) is 0 Å². The van der Waals surface area contributed by atoms with E-state index in [0.29, 0.717) is 6.04 Å². The fourth-order valence-electron chi connectivity index (χ4n) is 2.70. The number of hydrogen-bond donors (Lipinski definition) is 2. The molecule has 3 rings (SSSR count). The monoisotopic (exact) mass is 260 g/mol. The number of nitrogens with zero attached hydrogens (tertiary/aromatic N) is 4. The van der Waals surface area contributed by atoms with Gasteiger partial charge in [-0.2, -0.15) is 0 Å². The van der Waals surface area contributed by atoms with Crippen molar-refractivity contribution >= 4 is 17.0 Å². The Labute approximate surface area is 112 Å². The lowest BCUT2D eigenvalue weighted by Crippen LogP contribution is -2.44. The average molecular weight is 260 g/mol. The standard InChI is InChI=1S/C13H20N6/c1-2-19(7-10-5-3-4-6-14-10)13-11-12(16-8-15-11)17-9-18-13/h8-10,14H,2-7H2,1H3,(H,15,16,17,18). The minimum Gasteiger partial charge on any atom is -0.353 e. The van der Waals surface area contributed by atoms with E-state index in [0.717, 1.165) is 36.6 Å². The van der Waals surface area contributed by atoms with Crippen LogP contribution < -0.4 is 10.2 Å². The Morgan fingerprint density at radius 1 is 1.32 bits per heavy atom. The highest BCUT2D eigenvalue weighted by Gasteiger charge is 2.19. The number of fused-ring (bicyclic) bond motifs is 1. The molecular formula is C13H20N6. The molecule has 19 heavy (non-hydrogen) atoms. The number of likely N-dealkylation sites (N-methyl/N-ethyl adjacent to an activating group) is 1. The van der Waals surface area contributed by atoms with Crippen LogP contribution >= 0.6 is 0 Å². The molecule has 2 aromatic rings. The molecular weight excluding hydrogens is 240 g/mol. The Hall–Kier alpha value is -1.69. The topological polar surface area (TPSA) is 69.7 Å². The third-order valence-electron chi connectivity index (χ3n) is 3.74. The summed E-state index contributed by atoms with van der Waals surface area (Å²) in [7, 11) is 0. The van der Waals surface area contributed by atoms with Crippen molar-refractivity contribution in [2.24, 2.45) is 0 Å². The fourth-order valence-corrected chi connectivity index (χ4v) is 2.70. The molecule has 3 heterocycles. The highest BCUT2D eigenvalue weighted by molar-refractivity contribution is 5.82. The van der Waals surface area contributed by atoms with E-state index in [1.807, 2.05) is 0 Å². The lowest BCUT2D eigenvalue weighted by Gasteiger charge is -2.30. The third-order valence-corrected chi connectivity index (χ3v) is 3.74. The van der Waals surface area contributed by atoms with Gasteiger partial charge in [0, 0.05) is 19.1 Å². The molecule has 2 N–H and O–H groups in total. The van der Waals surface area contributed by atoms with E-state index in [2.05, 4.69) is 37.1 Å². The molecule has 0 saturated carbocycles. The van der Waals surface area contributed by atoms with Gasteiger partial charge in [-0.3, -0.25) is 0 Å². The summed E-state index contributed by atoms with van der Waals surface area (Å²) in [6.07, 6.45) is 7.12. The first-order valence-electron chi connectivity index (χ1n) is 7.01. The van der Waals surface area contributed by atoms with Crippen molar-refractivity contribution in [1.29, 1.82) is 0 Å². The van der Waals surface area contributed by atoms with Crippen LogP contribution in [-0.2, 0) is 0 Å². The van der Waals surface area contributed by atoms with Crippen LogP contribution in [-0.4, -0.2) is 45.6 Å². The maximum absolute atomic E-state index is 4.43. The van der Waals surface area contributed by atoms with Gasteiger partial charge in [0.1, 0.15) is 11.8 Å². The Kier molecular flexibility index (Phi) is 3.59. The van der Waals surface area contributed by atoms with Gasteiger partial charge < -0.3 is 15.2 Å². The summed E-state index contributed by atoms with van der Waals surface area (Å²) in [5, 5.41) is 3.58. The average Bonchev–Trinajstić information content (AvgIpc) is 2.94. The minimum absolute atomic E-state index is 0.557. The number of H-pyrrole nitrogens is 1. The first kappa shape index (κ1) is 12.3. The predicted octanol–water partition coefficient (Wildman–Crippen LogP) is 1.32. The predicted molar refractivity (Wildman–Crippen MR) is 75.2 cm³/mol. The number of piperidine rings is 1. The zero-order chi connectivity index (χ0) is 13.1. The molecule has 2 aromatic heterocycles. The van der Waals surface area contributed by atoms with Crippen molar-refractivity contribution in [2.75, 3.05) is 24.5 Å². The number of aromatic amines is 1. The van der Waals surface area contributed by atoms with Crippen molar-refractivity contribution in [3.05, 3.63) is 12.7 Å². The molecule has 0 bridgehead atoms. The van der Waals surface area contributed by atoms with E-state index in [9.17, 15) is 0 Å². The van der Waals surface area contributed by atoms with Gasteiger partial charge >= 0.3 is 0 Å². The van der Waals surface area contributed by atoms with Crippen LogP contribution in [0.15, 0.2) is 12.7 Å². The number of imidazole rings is 1. The number of nitrogens with one attached hydrogen (secondary N) is 2. The van der Waals surface area contributed by atoms with E-state index >= 15 is 0 Å². The Bertz CT molecular complexity index is 531. The fraction of sp³-hybridized carbons (Fsp3) is 0.615. The molecule has 1 unspecified atom stereocenters. The molecule has 6 heteroatoms. The highest BCUT2D eigenvalue weighted by atomic mass is 15.2. The second-order valence-electron chi connectivity index (χ2n) is 4.98. The SMILES string of the molecule is CCN(CC1CCCCN1)c1ncnc2nc[nH]c12. The van der Waals surface area contributed by atoms with Crippen LogP contribution in [0.1, 0.15) is 26.2 Å². The van der Waals surface area contributed by atoms with Crippen molar-refractivity contribution in [3.63, 3.8) is 0 Å².